The molecule has 3 heterocycles. The standard InChI is InChI=1S/C20H21FN4O/c1-14-9-19(24-13-23-14)25-8-2-3-16(12-25)20-22-11-18(26-20)10-15-4-6-17(21)7-5-15/h4-7,9,11,13,16H,2-3,8,10,12H2,1H3. The average Bonchev–Trinajstić information content (AvgIpc) is 3.12. The largest absolute Gasteiger partial charge is 0.445 e. The summed E-state index contributed by atoms with van der Waals surface area (Å²) < 4.78 is 19.0. The number of aromatic nitrogens is 3. The van der Waals surface area contributed by atoms with Crippen LogP contribution in [-0.2, 0) is 6.42 Å². The van der Waals surface area contributed by atoms with Gasteiger partial charge in [-0.05, 0) is 37.5 Å². The van der Waals surface area contributed by atoms with E-state index in [4.69, 9.17) is 4.42 Å². The van der Waals surface area contributed by atoms with Gasteiger partial charge in [-0.15, -0.1) is 0 Å². The van der Waals surface area contributed by atoms with Crippen LogP contribution in [0.4, 0.5) is 10.2 Å². The number of aryl methyl sites for hydroxylation is 1. The number of piperidine rings is 1. The molecule has 1 atom stereocenters. The summed E-state index contributed by atoms with van der Waals surface area (Å²) in [5, 5.41) is 0. The van der Waals surface area contributed by atoms with Crippen LogP contribution in [-0.4, -0.2) is 28.0 Å². The van der Waals surface area contributed by atoms with E-state index in [0.29, 0.717) is 6.42 Å². The van der Waals surface area contributed by atoms with Crippen LogP contribution in [0, 0.1) is 12.7 Å². The van der Waals surface area contributed by atoms with Crippen LogP contribution in [0.2, 0.25) is 0 Å². The molecule has 5 nitrogen and oxygen atoms in total. The number of nitrogens with zero attached hydrogens (tertiary/aromatic N) is 4. The molecule has 3 aromatic rings. The lowest BCUT2D eigenvalue weighted by Gasteiger charge is -2.32. The second kappa shape index (κ2) is 7.23. The maximum Gasteiger partial charge on any atom is 0.199 e. The summed E-state index contributed by atoms with van der Waals surface area (Å²) in [7, 11) is 0. The van der Waals surface area contributed by atoms with Crippen LogP contribution in [0.15, 0.2) is 47.3 Å². The lowest BCUT2D eigenvalue weighted by atomic mass is 9.98. The monoisotopic (exact) mass is 352 g/mol. The van der Waals surface area contributed by atoms with Gasteiger partial charge in [0.15, 0.2) is 5.89 Å². The fourth-order valence-corrected chi connectivity index (χ4v) is 3.40. The fourth-order valence-electron chi connectivity index (χ4n) is 3.40. The minimum Gasteiger partial charge on any atom is -0.445 e. The third kappa shape index (κ3) is 3.74. The van der Waals surface area contributed by atoms with Crippen molar-refractivity contribution >= 4 is 5.82 Å². The molecular formula is C20H21FN4O. The highest BCUT2D eigenvalue weighted by Crippen LogP contribution is 2.29. The van der Waals surface area contributed by atoms with Gasteiger partial charge >= 0.3 is 0 Å². The van der Waals surface area contributed by atoms with E-state index in [9.17, 15) is 4.39 Å². The SMILES string of the molecule is Cc1cc(N2CCCC(c3ncc(Cc4ccc(F)cc4)o3)C2)ncn1. The smallest absolute Gasteiger partial charge is 0.199 e. The second-order valence-corrected chi connectivity index (χ2v) is 6.77. The average molecular weight is 352 g/mol. The summed E-state index contributed by atoms with van der Waals surface area (Å²) >= 11 is 0. The Morgan fingerprint density at radius 2 is 2.04 bits per heavy atom. The molecule has 0 amide bonds. The molecule has 0 bridgehead atoms. The molecule has 6 heteroatoms. The molecular weight excluding hydrogens is 331 g/mol. The van der Waals surface area contributed by atoms with E-state index in [1.54, 1.807) is 24.7 Å². The lowest BCUT2D eigenvalue weighted by molar-refractivity contribution is 0.384. The molecule has 134 valence electrons. The van der Waals surface area contributed by atoms with E-state index in [2.05, 4.69) is 19.9 Å². The van der Waals surface area contributed by atoms with Gasteiger partial charge in [-0.25, -0.2) is 19.3 Å². The van der Waals surface area contributed by atoms with Crippen LogP contribution in [0.25, 0.3) is 0 Å². The Labute approximate surface area is 151 Å². The Morgan fingerprint density at radius 3 is 2.85 bits per heavy atom. The number of rotatable bonds is 4. The maximum absolute atomic E-state index is 13.0. The molecule has 0 aliphatic carbocycles. The van der Waals surface area contributed by atoms with Gasteiger partial charge in [0.2, 0.25) is 0 Å². The van der Waals surface area contributed by atoms with E-state index in [-0.39, 0.29) is 11.7 Å². The van der Waals surface area contributed by atoms with E-state index in [0.717, 1.165) is 54.7 Å². The summed E-state index contributed by atoms with van der Waals surface area (Å²) in [5.74, 6) is 2.56. The van der Waals surface area contributed by atoms with Gasteiger partial charge < -0.3 is 9.32 Å². The zero-order chi connectivity index (χ0) is 17.9. The van der Waals surface area contributed by atoms with Gasteiger partial charge in [-0.2, -0.15) is 0 Å². The highest BCUT2D eigenvalue weighted by atomic mass is 19.1. The van der Waals surface area contributed by atoms with E-state index in [1.807, 2.05) is 13.0 Å². The normalized spacial score (nSPS) is 17.5. The molecule has 1 saturated heterocycles. The molecule has 4 rings (SSSR count). The quantitative estimate of drug-likeness (QED) is 0.713. The Morgan fingerprint density at radius 1 is 1.19 bits per heavy atom. The number of anilines is 1. The Balaban J connectivity index is 1.45. The fraction of sp³-hybridized carbons (Fsp3) is 0.350. The topological polar surface area (TPSA) is 55.1 Å². The van der Waals surface area contributed by atoms with E-state index >= 15 is 0 Å². The maximum atomic E-state index is 13.0. The van der Waals surface area contributed by atoms with Crippen molar-refractivity contribution in [1.82, 2.24) is 15.0 Å². The van der Waals surface area contributed by atoms with Crippen molar-refractivity contribution in [3.63, 3.8) is 0 Å². The van der Waals surface area contributed by atoms with Gasteiger partial charge in [-0.1, -0.05) is 12.1 Å². The molecule has 0 saturated carbocycles. The van der Waals surface area contributed by atoms with Gasteiger partial charge in [0.05, 0.1) is 12.1 Å². The zero-order valence-corrected chi connectivity index (χ0v) is 14.7. The summed E-state index contributed by atoms with van der Waals surface area (Å²) in [5.41, 5.74) is 1.98. The molecule has 1 fully saturated rings. The van der Waals surface area contributed by atoms with Gasteiger partial charge in [0.25, 0.3) is 0 Å². The first-order valence-electron chi connectivity index (χ1n) is 8.90. The molecule has 0 radical (unpaired) electrons. The molecule has 0 N–H and O–H groups in total. The van der Waals surface area contributed by atoms with Crippen LogP contribution in [0.3, 0.4) is 0 Å². The van der Waals surface area contributed by atoms with Crippen LogP contribution < -0.4 is 4.90 Å². The number of halogens is 1. The van der Waals surface area contributed by atoms with Gasteiger partial charge in [-0.3, -0.25) is 0 Å². The predicted molar refractivity (Wildman–Crippen MR) is 96.7 cm³/mol. The number of benzene rings is 1. The Kier molecular flexibility index (Phi) is 4.65. The van der Waals surface area contributed by atoms with Gasteiger partial charge in [0.1, 0.15) is 23.7 Å². The van der Waals surface area contributed by atoms with E-state index in [1.165, 1.54) is 12.1 Å². The summed E-state index contributed by atoms with van der Waals surface area (Å²) in [4.78, 5) is 15.3. The van der Waals surface area contributed by atoms with E-state index < -0.39 is 0 Å². The molecule has 0 spiro atoms. The minimum atomic E-state index is -0.228. The van der Waals surface area contributed by atoms with Crippen molar-refractivity contribution in [1.29, 1.82) is 0 Å². The van der Waals surface area contributed by atoms with Crippen molar-refractivity contribution < 1.29 is 8.81 Å². The minimum absolute atomic E-state index is 0.228. The zero-order valence-electron chi connectivity index (χ0n) is 14.7. The predicted octanol–water partition coefficient (Wildman–Crippen LogP) is 3.89. The molecule has 26 heavy (non-hydrogen) atoms. The molecule has 1 unspecified atom stereocenters. The van der Waals surface area contributed by atoms with Crippen molar-refractivity contribution in [2.75, 3.05) is 18.0 Å². The molecule has 2 aromatic heterocycles. The van der Waals surface area contributed by atoms with Crippen molar-refractivity contribution in [3.8, 4) is 0 Å². The van der Waals surface area contributed by atoms with Crippen LogP contribution >= 0.6 is 0 Å². The first-order chi connectivity index (χ1) is 12.7. The Bertz CT molecular complexity index is 878. The first kappa shape index (κ1) is 16.7. The van der Waals surface area contributed by atoms with Crippen molar-refractivity contribution in [3.05, 3.63) is 71.6 Å². The molecule has 1 aliphatic rings. The first-order valence-corrected chi connectivity index (χ1v) is 8.90. The van der Waals surface area contributed by atoms with Crippen molar-refractivity contribution in [2.45, 2.75) is 32.1 Å². The molecule has 1 aliphatic heterocycles. The molecule has 1 aromatic carbocycles. The Hall–Kier alpha value is -2.76. The summed E-state index contributed by atoms with van der Waals surface area (Å²) in [6.07, 6.45) is 6.14. The van der Waals surface area contributed by atoms with Gasteiger partial charge in [0, 0.05) is 31.3 Å². The lowest BCUT2D eigenvalue weighted by Crippen LogP contribution is -2.35. The highest BCUT2D eigenvalue weighted by Gasteiger charge is 2.26. The summed E-state index contributed by atoms with van der Waals surface area (Å²) in [6, 6.07) is 8.50. The third-order valence-electron chi connectivity index (χ3n) is 4.75. The number of hydrogen-bond acceptors (Lipinski definition) is 5. The van der Waals surface area contributed by atoms with Crippen molar-refractivity contribution in [2.24, 2.45) is 0 Å². The number of oxazole rings is 1. The van der Waals surface area contributed by atoms with Crippen LogP contribution in [0.1, 0.15) is 41.7 Å². The highest BCUT2D eigenvalue weighted by molar-refractivity contribution is 5.39. The second-order valence-electron chi connectivity index (χ2n) is 6.77. The summed E-state index contributed by atoms with van der Waals surface area (Å²) in [6.45, 7) is 3.80. The number of hydrogen-bond donors (Lipinski definition) is 0. The van der Waals surface area contributed by atoms with Crippen LogP contribution in [0.5, 0.6) is 0 Å². The third-order valence-corrected chi connectivity index (χ3v) is 4.75.